The lowest BCUT2D eigenvalue weighted by Crippen LogP contribution is -2.38. The van der Waals surface area contributed by atoms with E-state index in [4.69, 9.17) is 0 Å². The summed E-state index contributed by atoms with van der Waals surface area (Å²) in [7, 11) is -4.01. The molecule has 0 radical (unpaired) electrons. The molecule has 0 fully saturated rings. The summed E-state index contributed by atoms with van der Waals surface area (Å²) >= 11 is 0. The molecule has 0 saturated heterocycles. The van der Waals surface area contributed by atoms with Gasteiger partial charge >= 0.3 is 0 Å². The van der Waals surface area contributed by atoms with Crippen molar-refractivity contribution in [2.75, 3.05) is 0 Å². The Bertz CT molecular complexity index is 599. The predicted octanol–water partition coefficient (Wildman–Crippen LogP) is 1.45. The minimum absolute atomic E-state index is 0.198. The van der Waals surface area contributed by atoms with Crippen LogP contribution in [-0.2, 0) is 14.8 Å². The highest BCUT2D eigenvalue weighted by Crippen LogP contribution is 2.18. The fourth-order valence-corrected chi connectivity index (χ4v) is 2.24. The molecule has 0 atom stereocenters. The fraction of sp³-hybridized carbons (Fsp3) is 0.364. The number of nitro benzene ring substituents is 1. The minimum atomic E-state index is -4.01. The van der Waals surface area contributed by atoms with Crippen LogP contribution in [0.2, 0.25) is 0 Å². The Balaban J connectivity index is 3.02. The molecule has 0 aliphatic heterocycles. The van der Waals surface area contributed by atoms with E-state index in [0.29, 0.717) is 0 Å². The van der Waals surface area contributed by atoms with Crippen LogP contribution in [0.25, 0.3) is 0 Å². The average molecular weight is 286 g/mol. The van der Waals surface area contributed by atoms with Crippen LogP contribution in [0.3, 0.4) is 0 Å². The summed E-state index contributed by atoms with van der Waals surface area (Å²) in [6, 6.07) is 4.29. The zero-order valence-electron chi connectivity index (χ0n) is 10.7. The molecule has 0 aliphatic rings. The van der Waals surface area contributed by atoms with Crippen molar-refractivity contribution in [3.63, 3.8) is 0 Å². The van der Waals surface area contributed by atoms with Crippen molar-refractivity contribution >= 4 is 21.6 Å². The van der Waals surface area contributed by atoms with Crippen LogP contribution in [0.4, 0.5) is 5.69 Å². The van der Waals surface area contributed by atoms with Gasteiger partial charge in [0.25, 0.3) is 15.7 Å². The first-order chi connectivity index (χ1) is 8.54. The Morgan fingerprint density at radius 1 is 1.21 bits per heavy atom. The fourth-order valence-electron chi connectivity index (χ4n) is 1.08. The lowest BCUT2D eigenvalue weighted by atomic mass is 9.96. The van der Waals surface area contributed by atoms with E-state index in [9.17, 15) is 23.3 Å². The van der Waals surface area contributed by atoms with Crippen molar-refractivity contribution in [1.29, 1.82) is 0 Å². The maximum Gasteiger partial charge on any atom is 0.269 e. The molecule has 7 nitrogen and oxygen atoms in total. The molecule has 1 aromatic carbocycles. The summed E-state index contributed by atoms with van der Waals surface area (Å²) in [5, 5.41) is 10.5. The van der Waals surface area contributed by atoms with Gasteiger partial charge in [-0.25, -0.2) is 13.1 Å². The van der Waals surface area contributed by atoms with E-state index in [0.717, 1.165) is 24.3 Å². The van der Waals surface area contributed by atoms with E-state index in [1.165, 1.54) is 0 Å². The van der Waals surface area contributed by atoms with Crippen LogP contribution in [0.5, 0.6) is 0 Å². The Labute approximate surface area is 110 Å². The third-order valence-corrected chi connectivity index (χ3v) is 3.61. The van der Waals surface area contributed by atoms with Gasteiger partial charge < -0.3 is 0 Å². The van der Waals surface area contributed by atoms with Crippen molar-refractivity contribution < 1.29 is 18.1 Å². The van der Waals surface area contributed by atoms with Crippen LogP contribution < -0.4 is 4.72 Å². The molecule has 1 N–H and O–H groups in total. The first kappa shape index (κ1) is 15.1. The first-order valence-electron chi connectivity index (χ1n) is 5.36. The van der Waals surface area contributed by atoms with E-state index >= 15 is 0 Å². The third kappa shape index (κ3) is 3.75. The van der Waals surface area contributed by atoms with Gasteiger partial charge in [-0.2, -0.15) is 0 Å². The number of nitrogens with zero attached hydrogens (tertiary/aromatic N) is 1. The van der Waals surface area contributed by atoms with Gasteiger partial charge in [0, 0.05) is 17.5 Å². The Morgan fingerprint density at radius 2 is 1.68 bits per heavy atom. The van der Waals surface area contributed by atoms with Crippen molar-refractivity contribution in [3.8, 4) is 0 Å². The van der Waals surface area contributed by atoms with Gasteiger partial charge in [0.05, 0.1) is 9.82 Å². The van der Waals surface area contributed by atoms with E-state index < -0.39 is 26.3 Å². The van der Waals surface area contributed by atoms with Crippen LogP contribution >= 0.6 is 0 Å². The predicted molar refractivity (Wildman–Crippen MR) is 67.9 cm³/mol. The van der Waals surface area contributed by atoms with Gasteiger partial charge in [0.2, 0.25) is 5.91 Å². The highest BCUT2D eigenvalue weighted by molar-refractivity contribution is 7.90. The van der Waals surface area contributed by atoms with E-state index in [2.05, 4.69) is 0 Å². The molecule has 0 bridgehead atoms. The summed E-state index contributed by atoms with van der Waals surface area (Å²) in [6.07, 6.45) is 0. The number of rotatable bonds is 3. The minimum Gasteiger partial charge on any atom is -0.273 e. The van der Waals surface area contributed by atoms with Crippen molar-refractivity contribution in [2.24, 2.45) is 5.41 Å². The van der Waals surface area contributed by atoms with Crippen LogP contribution in [-0.4, -0.2) is 19.2 Å². The summed E-state index contributed by atoms with van der Waals surface area (Å²) in [5.41, 5.74) is -1.07. The van der Waals surface area contributed by atoms with Gasteiger partial charge in [-0.1, -0.05) is 20.8 Å². The second-order valence-electron chi connectivity index (χ2n) is 4.94. The smallest absolute Gasteiger partial charge is 0.269 e. The molecule has 0 unspecified atom stereocenters. The summed E-state index contributed by atoms with van der Waals surface area (Å²) in [6.45, 7) is 4.73. The van der Waals surface area contributed by atoms with Gasteiger partial charge in [-0.3, -0.25) is 14.9 Å². The van der Waals surface area contributed by atoms with E-state index in [1.807, 2.05) is 4.72 Å². The van der Waals surface area contributed by atoms with Gasteiger partial charge in [0.1, 0.15) is 0 Å². The zero-order valence-corrected chi connectivity index (χ0v) is 11.5. The number of nitro groups is 1. The van der Waals surface area contributed by atoms with E-state index in [-0.39, 0.29) is 10.6 Å². The topological polar surface area (TPSA) is 106 Å². The van der Waals surface area contributed by atoms with Gasteiger partial charge in [-0.15, -0.1) is 0 Å². The number of hydrogen-bond donors (Lipinski definition) is 1. The van der Waals surface area contributed by atoms with Crippen molar-refractivity contribution in [3.05, 3.63) is 34.4 Å². The molecule has 104 valence electrons. The number of sulfonamides is 1. The maximum atomic E-state index is 11.9. The monoisotopic (exact) mass is 286 g/mol. The average Bonchev–Trinajstić information content (AvgIpc) is 2.27. The quantitative estimate of drug-likeness (QED) is 0.668. The zero-order chi connectivity index (χ0) is 14.8. The van der Waals surface area contributed by atoms with Crippen molar-refractivity contribution in [2.45, 2.75) is 25.7 Å². The summed E-state index contributed by atoms with van der Waals surface area (Å²) in [4.78, 5) is 21.3. The Hall–Kier alpha value is -1.96. The van der Waals surface area contributed by atoms with Crippen molar-refractivity contribution in [1.82, 2.24) is 4.72 Å². The summed E-state index contributed by atoms with van der Waals surface area (Å²) in [5.74, 6) is -0.647. The Kier molecular flexibility index (Phi) is 3.94. The van der Waals surface area contributed by atoms with E-state index in [1.54, 1.807) is 20.8 Å². The number of carbonyl (C=O) groups excluding carboxylic acids is 1. The number of hydrogen-bond acceptors (Lipinski definition) is 5. The molecule has 0 heterocycles. The molecule has 1 rings (SSSR count). The third-order valence-electron chi connectivity index (χ3n) is 2.27. The lowest BCUT2D eigenvalue weighted by Gasteiger charge is -2.17. The highest BCUT2D eigenvalue weighted by Gasteiger charge is 2.27. The molecule has 0 spiro atoms. The highest BCUT2D eigenvalue weighted by atomic mass is 32.2. The molecule has 1 amide bonds. The number of carbonyl (C=O) groups is 1. The second kappa shape index (κ2) is 4.96. The summed E-state index contributed by atoms with van der Waals surface area (Å²) < 4.78 is 25.7. The molecule has 0 saturated carbocycles. The standard InChI is InChI=1S/C11H14N2O5S/c1-11(2,3)10(14)12-19(17,18)9-6-4-8(5-7-9)13(15)16/h4-7H,1-3H3,(H,12,14). The SMILES string of the molecule is CC(C)(C)C(=O)NS(=O)(=O)c1ccc([N+](=O)[O-])cc1. The van der Waals surface area contributed by atoms with Crippen LogP contribution in [0.15, 0.2) is 29.2 Å². The molecular weight excluding hydrogens is 272 g/mol. The molecular formula is C11H14N2O5S. The maximum absolute atomic E-state index is 11.9. The molecule has 8 heteroatoms. The number of non-ortho nitro benzene ring substituents is 1. The van der Waals surface area contributed by atoms with Crippen LogP contribution in [0.1, 0.15) is 20.8 Å². The molecule has 19 heavy (non-hydrogen) atoms. The second-order valence-corrected chi connectivity index (χ2v) is 6.62. The largest absolute Gasteiger partial charge is 0.273 e. The molecule has 1 aromatic rings. The van der Waals surface area contributed by atoms with Gasteiger partial charge in [0.15, 0.2) is 0 Å². The Morgan fingerprint density at radius 3 is 2.05 bits per heavy atom. The normalized spacial score (nSPS) is 11.9. The van der Waals surface area contributed by atoms with Gasteiger partial charge in [-0.05, 0) is 12.1 Å². The van der Waals surface area contributed by atoms with Crippen LogP contribution in [0, 0.1) is 15.5 Å². The first-order valence-corrected chi connectivity index (χ1v) is 6.84. The molecule has 0 aromatic heterocycles. The molecule has 0 aliphatic carbocycles. The lowest BCUT2D eigenvalue weighted by molar-refractivity contribution is -0.384. The number of nitrogens with one attached hydrogen (secondary N) is 1. The number of amides is 1. The number of benzene rings is 1.